The van der Waals surface area contributed by atoms with Gasteiger partial charge in [-0.2, -0.15) is 9.97 Å². The van der Waals surface area contributed by atoms with Crippen molar-refractivity contribution in [2.75, 3.05) is 0 Å². The molecule has 3 heterocycles. The van der Waals surface area contributed by atoms with Gasteiger partial charge in [0.15, 0.2) is 11.6 Å². The maximum Gasteiger partial charge on any atom is 0.238 e. The number of aromatic nitrogens is 5. The maximum absolute atomic E-state index is 5.59. The predicted octanol–water partition coefficient (Wildman–Crippen LogP) is 18.5. The summed E-state index contributed by atoms with van der Waals surface area (Å²) < 4.78 is 4.80. The highest BCUT2D eigenvalue weighted by atomic mass is 15.2. The molecule has 2 aliphatic carbocycles. The quantitative estimate of drug-likeness (QED) is 0.152. The number of para-hydroxylation sites is 3. The number of nitrogens with zero attached hydrogens (tertiary/aromatic N) is 5. The first kappa shape index (κ1) is 45.7. The van der Waals surface area contributed by atoms with Gasteiger partial charge in [-0.3, -0.25) is 4.57 Å². The molecule has 0 N–H and O–H groups in total. The van der Waals surface area contributed by atoms with Crippen molar-refractivity contribution in [2.45, 2.75) is 64.2 Å². The monoisotopic (exact) mass is 979 g/mol. The molecule has 366 valence electrons. The summed E-state index contributed by atoms with van der Waals surface area (Å²) in [7, 11) is 0. The zero-order valence-electron chi connectivity index (χ0n) is 43.4. The standard InChI is InChI=1S/C71H57N5/c1-70(2)41-42-71(3,4)61-45-50(37-40-60(61)70)49-26-19-27-51(43-49)54-30-13-16-34-62(54)75-63-35-17-14-31-55(63)57-38-39-58-56-32-15-18-36-64(56)76(66(58)65(57)75)69-73-67(52-28-20-25-48(44-52)46-21-7-5-8-22-46)72-68(74-69)59-33-12-11-29-53(59)47-23-9-6-10-24-47/h6-7,9-40,43-45H,5,8,41-42H2,1-4H3. The molecule has 3 aromatic heterocycles. The van der Waals surface area contributed by atoms with E-state index in [1.165, 1.54) is 46.1 Å². The second-order valence-corrected chi connectivity index (χ2v) is 22.1. The van der Waals surface area contributed by atoms with Crippen molar-refractivity contribution in [1.82, 2.24) is 24.1 Å². The number of benzene rings is 9. The van der Waals surface area contributed by atoms with Crippen LogP contribution >= 0.6 is 0 Å². The Labute approximate surface area is 444 Å². The van der Waals surface area contributed by atoms with Crippen molar-refractivity contribution in [2.24, 2.45) is 0 Å². The van der Waals surface area contributed by atoms with Crippen LogP contribution in [0.1, 0.15) is 70.1 Å². The summed E-state index contributed by atoms with van der Waals surface area (Å²) in [5, 5.41) is 4.58. The Morgan fingerprint density at radius 1 is 0.382 bits per heavy atom. The fourth-order valence-electron chi connectivity index (χ4n) is 12.4. The van der Waals surface area contributed by atoms with Crippen molar-refractivity contribution < 1.29 is 0 Å². The third-order valence-electron chi connectivity index (χ3n) is 16.5. The minimum atomic E-state index is 0.113. The molecular formula is C71H57N5. The summed E-state index contributed by atoms with van der Waals surface area (Å²) in [5.74, 6) is 1.77. The topological polar surface area (TPSA) is 48.5 Å². The molecule has 0 amide bonds. The van der Waals surface area contributed by atoms with E-state index in [4.69, 9.17) is 15.0 Å². The lowest BCUT2D eigenvalue weighted by Crippen LogP contribution is -2.33. The van der Waals surface area contributed by atoms with E-state index >= 15 is 0 Å². The summed E-state index contributed by atoms with van der Waals surface area (Å²) >= 11 is 0. The van der Waals surface area contributed by atoms with Crippen molar-refractivity contribution in [3.63, 3.8) is 0 Å². The van der Waals surface area contributed by atoms with Gasteiger partial charge in [0, 0.05) is 38.2 Å². The molecule has 5 nitrogen and oxygen atoms in total. The minimum absolute atomic E-state index is 0.113. The number of hydrogen-bond acceptors (Lipinski definition) is 3. The molecular weight excluding hydrogens is 923 g/mol. The van der Waals surface area contributed by atoms with E-state index in [1.807, 2.05) is 0 Å². The molecule has 0 saturated carbocycles. The average molecular weight is 980 g/mol. The lowest BCUT2D eigenvalue weighted by atomic mass is 9.63. The van der Waals surface area contributed by atoms with Crippen LogP contribution in [0.15, 0.2) is 224 Å². The average Bonchev–Trinajstić information content (AvgIpc) is 4.10. The van der Waals surface area contributed by atoms with Gasteiger partial charge in [-0.15, -0.1) is 0 Å². The number of rotatable bonds is 8. The molecule has 0 spiro atoms. The fraction of sp³-hybridized carbons (Fsp3) is 0.141. The zero-order valence-corrected chi connectivity index (χ0v) is 43.4. The number of fused-ring (bicyclic) bond motifs is 8. The van der Waals surface area contributed by atoms with Crippen LogP contribution < -0.4 is 0 Å². The van der Waals surface area contributed by atoms with Gasteiger partial charge in [0.2, 0.25) is 5.95 Å². The molecule has 76 heavy (non-hydrogen) atoms. The van der Waals surface area contributed by atoms with Crippen LogP contribution in [0.3, 0.4) is 0 Å². The first-order valence-electron chi connectivity index (χ1n) is 26.9. The number of hydrogen-bond donors (Lipinski definition) is 0. The van der Waals surface area contributed by atoms with E-state index in [2.05, 4.69) is 261 Å². The smallest absolute Gasteiger partial charge is 0.238 e. The van der Waals surface area contributed by atoms with Crippen LogP contribution in [0, 0.1) is 0 Å². The second-order valence-electron chi connectivity index (χ2n) is 22.1. The van der Waals surface area contributed by atoms with Gasteiger partial charge >= 0.3 is 0 Å². The van der Waals surface area contributed by atoms with Gasteiger partial charge in [0.05, 0.1) is 27.8 Å². The van der Waals surface area contributed by atoms with Crippen LogP contribution in [0.4, 0.5) is 0 Å². The Morgan fingerprint density at radius 3 is 1.70 bits per heavy atom. The third kappa shape index (κ3) is 7.55. The molecule has 5 heteroatoms. The van der Waals surface area contributed by atoms with Gasteiger partial charge < -0.3 is 4.57 Å². The first-order chi connectivity index (χ1) is 37.2. The van der Waals surface area contributed by atoms with E-state index in [-0.39, 0.29) is 10.8 Å². The normalized spacial score (nSPS) is 14.9. The zero-order chi connectivity index (χ0) is 51.1. The van der Waals surface area contributed by atoms with E-state index in [0.717, 1.165) is 95.7 Å². The Morgan fingerprint density at radius 2 is 0.947 bits per heavy atom. The Hall–Kier alpha value is -8.93. The molecule has 0 atom stereocenters. The maximum atomic E-state index is 5.59. The van der Waals surface area contributed by atoms with Gasteiger partial charge in [0.25, 0.3) is 0 Å². The van der Waals surface area contributed by atoms with Crippen molar-refractivity contribution in [3.05, 3.63) is 241 Å². The van der Waals surface area contributed by atoms with E-state index in [0.29, 0.717) is 17.6 Å². The second kappa shape index (κ2) is 17.9. The van der Waals surface area contributed by atoms with Crippen LogP contribution in [0.5, 0.6) is 0 Å². The lowest BCUT2D eigenvalue weighted by molar-refractivity contribution is 0.332. The molecule has 0 aliphatic heterocycles. The first-order valence-corrected chi connectivity index (χ1v) is 26.9. The van der Waals surface area contributed by atoms with E-state index in [9.17, 15) is 0 Å². The van der Waals surface area contributed by atoms with Crippen LogP contribution in [0.25, 0.3) is 117 Å². The van der Waals surface area contributed by atoms with E-state index in [1.54, 1.807) is 0 Å². The molecule has 14 rings (SSSR count). The van der Waals surface area contributed by atoms with Gasteiger partial charge in [-0.25, -0.2) is 4.98 Å². The van der Waals surface area contributed by atoms with Crippen molar-refractivity contribution >= 4 is 49.2 Å². The molecule has 12 aromatic rings. The third-order valence-corrected chi connectivity index (χ3v) is 16.5. The Balaban J connectivity index is 1.03. The molecule has 2 aliphatic rings. The van der Waals surface area contributed by atoms with Crippen LogP contribution in [-0.4, -0.2) is 24.1 Å². The summed E-state index contributed by atoms with van der Waals surface area (Å²) in [6, 6.07) is 75.1. The summed E-state index contributed by atoms with van der Waals surface area (Å²) in [4.78, 5) is 16.6. The summed E-state index contributed by atoms with van der Waals surface area (Å²) in [6.45, 7) is 9.63. The van der Waals surface area contributed by atoms with E-state index < -0.39 is 0 Å². The van der Waals surface area contributed by atoms with Crippen molar-refractivity contribution in [3.8, 4) is 67.8 Å². The highest BCUT2D eigenvalue weighted by Gasteiger charge is 2.37. The SMILES string of the molecule is CC1(C)CCC(C)(C)c2cc(-c3cccc(-c4ccccc4-n4c5ccccc5c5ccc6c7ccccc7n(-c7nc(-c8cccc(C9=CCCC=C9)c8)nc(-c8ccccc8-c8ccccc8)n7)c6c54)c3)ccc21. The molecule has 0 saturated heterocycles. The Kier molecular flexibility index (Phi) is 10.7. The Bertz CT molecular complexity index is 4350. The van der Waals surface area contributed by atoms with Gasteiger partial charge in [-0.1, -0.05) is 222 Å². The van der Waals surface area contributed by atoms with Gasteiger partial charge in [0.1, 0.15) is 0 Å². The van der Waals surface area contributed by atoms with Crippen molar-refractivity contribution in [1.29, 1.82) is 0 Å². The highest BCUT2D eigenvalue weighted by molar-refractivity contribution is 6.24. The van der Waals surface area contributed by atoms with Crippen LogP contribution in [0.2, 0.25) is 0 Å². The minimum Gasteiger partial charge on any atom is -0.307 e. The predicted molar refractivity (Wildman–Crippen MR) is 317 cm³/mol. The van der Waals surface area contributed by atoms with Gasteiger partial charge in [-0.05, 0) is 117 Å². The van der Waals surface area contributed by atoms with Crippen LogP contribution in [-0.2, 0) is 10.8 Å². The number of allylic oxidation sites excluding steroid dienone is 4. The largest absolute Gasteiger partial charge is 0.307 e. The lowest BCUT2D eigenvalue weighted by Gasteiger charge is -2.42. The molecule has 9 aromatic carbocycles. The fourth-order valence-corrected chi connectivity index (χ4v) is 12.4. The molecule has 0 fully saturated rings. The summed E-state index contributed by atoms with van der Waals surface area (Å²) in [6.07, 6.45) is 11.3. The summed E-state index contributed by atoms with van der Waals surface area (Å²) in [5.41, 5.74) is 19.7. The molecule has 0 bridgehead atoms. The molecule has 0 unspecified atom stereocenters. The molecule has 0 radical (unpaired) electrons. The highest BCUT2D eigenvalue weighted by Crippen LogP contribution is 2.48.